The number of carbonyl (C=O) groups excluding carboxylic acids is 2. The van der Waals surface area contributed by atoms with E-state index in [1.165, 1.54) is 5.19 Å². The number of rotatable bonds is 4. The van der Waals surface area contributed by atoms with Crippen molar-refractivity contribution in [1.82, 2.24) is 0 Å². The summed E-state index contributed by atoms with van der Waals surface area (Å²) >= 11 is 0. The molecule has 1 aromatic rings. The molecule has 0 amide bonds. The fourth-order valence-electron chi connectivity index (χ4n) is 4.66. The molecule has 1 aliphatic carbocycles. The zero-order valence-electron chi connectivity index (χ0n) is 14.7. The van der Waals surface area contributed by atoms with Gasteiger partial charge in [0.25, 0.3) is 0 Å². The highest BCUT2D eigenvalue weighted by Gasteiger charge is 2.57. The van der Waals surface area contributed by atoms with Crippen LogP contribution in [-0.2, 0) is 19.1 Å². The third kappa shape index (κ3) is 2.90. The normalized spacial score (nSPS) is 29.7. The zero-order chi connectivity index (χ0) is 17.3. The number of esters is 2. The Morgan fingerprint density at radius 1 is 1.29 bits per heavy atom. The predicted molar refractivity (Wildman–Crippen MR) is 94.6 cm³/mol. The molecule has 0 bridgehead atoms. The molecular weight excluding hydrogens is 320 g/mol. The molecule has 1 aliphatic heterocycles. The van der Waals surface area contributed by atoms with Crippen LogP contribution in [0.15, 0.2) is 30.3 Å². The van der Waals surface area contributed by atoms with Crippen LogP contribution in [0.25, 0.3) is 0 Å². The van der Waals surface area contributed by atoms with Crippen LogP contribution in [0.4, 0.5) is 0 Å². The summed E-state index contributed by atoms with van der Waals surface area (Å²) in [6.07, 6.45) is 1.61. The third-order valence-corrected chi connectivity index (χ3v) is 10.3. The molecule has 2 aliphatic rings. The first-order chi connectivity index (χ1) is 11.5. The number of carbonyl (C=O) groups is 2. The summed E-state index contributed by atoms with van der Waals surface area (Å²) in [5, 5.41) is 1.39. The van der Waals surface area contributed by atoms with E-state index in [2.05, 4.69) is 37.4 Å². The predicted octanol–water partition coefficient (Wildman–Crippen LogP) is 2.73. The van der Waals surface area contributed by atoms with Crippen molar-refractivity contribution >= 4 is 25.2 Å². The van der Waals surface area contributed by atoms with Gasteiger partial charge in [-0.3, -0.25) is 9.59 Å². The Labute approximate surface area is 144 Å². The summed E-state index contributed by atoms with van der Waals surface area (Å²) in [5.41, 5.74) is 0.396. The van der Waals surface area contributed by atoms with Gasteiger partial charge in [0.05, 0.1) is 33.1 Å². The standard InChI is InChI=1S/C19H26O4Si/c1-4-22-18(20)15-12-16(14-10-11-23-19(21)17(14)15)24(2,3)13-8-6-5-7-9-13/h5-9,14-17H,4,10-12H2,1-3H3/t14-,15-,16+,17-/m0/s1. The van der Waals surface area contributed by atoms with Crippen LogP contribution >= 0.6 is 0 Å². The molecule has 2 fully saturated rings. The molecule has 0 N–H and O–H groups in total. The molecule has 0 radical (unpaired) electrons. The molecule has 3 rings (SSSR count). The molecule has 4 atom stereocenters. The second kappa shape index (κ2) is 6.71. The van der Waals surface area contributed by atoms with Crippen molar-refractivity contribution in [3.05, 3.63) is 30.3 Å². The van der Waals surface area contributed by atoms with Crippen molar-refractivity contribution in [1.29, 1.82) is 0 Å². The molecule has 0 aromatic heterocycles. The van der Waals surface area contributed by atoms with E-state index in [9.17, 15) is 9.59 Å². The topological polar surface area (TPSA) is 52.6 Å². The Kier molecular flexibility index (Phi) is 4.81. The van der Waals surface area contributed by atoms with Crippen LogP contribution in [0.5, 0.6) is 0 Å². The number of cyclic esters (lactones) is 1. The highest BCUT2D eigenvalue weighted by atomic mass is 28.3. The van der Waals surface area contributed by atoms with E-state index in [4.69, 9.17) is 9.47 Å². The summed E-state index contributed by atoms with van der Waals surface area (Å²) in [6, 6.07) is 10.6. The lowest BCUT2D eigenvalue weighted by atomic mass is 9.86. The number of hydrogen-bond donors (Lipinski definition) is 0. The molecule has 1 saturated heterocycles. The molecule has 24 heavy (non-hydrogen) atoms. The number of hydrogen-bond acceptors (Lipinski definition) is 4. The van der Waals surface area contributed by atoms with Gasteiger partial charge in [0.15, 0.2) is 0 Å². The SMILES string of the molecule is CCOC(=O)[C@H]1C[C@@H]([Si](C)(C)c2ccccc2)[C@@H]2CCOC(=O)[C@@H]21. The summed E-state index contributed by atoms with van der Waals surface area (Å²) in [7, 11) is -1.81. The van der Waals surface area contributed by atoms with Gasteiger partial charge in [-0.25, -0.2) is 0 Å². The lowest BCUT2D eigenvalue weighted by Crippen LogP contribution is -2.48. The summed E-state index contributed by atoms with van der Waals surface area (Å²) in [6.45, 7) is 7.36. The smallest absolute Gasteiger partial charge is 0.310 e. The largest absolute Gasteiger partial charge is 0.466 e. The number of fused-ring (bicyclic) bond motifs is 1. The Hall–Kier alpha value is -1.62. The minimum absolute atomic E-state index is 0.204. The molecule has 4 nitrogen and oxygen atoms in total. The van der Waals surface area contributed by atoms with Gasteiger partial charge in [0.1, 0.15) is 0 Å². The first-order valence-electron chi connectivity index (χ1n) is 8.85. The van der Waals surface area contributed by atoms with Crippen LogP contribution in [-0.4, -0.2) is 33.2 Å². The highest BCUT2D eigenvalue weighted by Crippen LogP contribution is 2.53. The molecular formula is C19H26O4Si. The maximum absolute atomic E-state index is 12.4. The van der Waals surface area contributed by atoms with Crippen molar-refractivity contribution in [2.75, 3.05) is 13.2 Å². The number of ether oxygens (including phenoxy) is 2. The van der Waals surface area contributed by atoms with Crippen molar-refractivity contribution < 1.29 is 19.1 Å². The van der Waals surface area contributed by atoms with Crippen LogP contribution in [0.3, 0.4) is 0 Å². The van der Waals surface area contributed by atoms with E-state index in [1.807, 2.05) is 13.0 Å². The molecule has 1 heterocycles. The lowest BCUT2D eigenvalue weighted by Gasteiger charge is -2.37. The van der Waals surface area contributed by atoms with Gasteiger partial charge in [-0.1, -0.05) is 48.6 Å². The molecule has 130 valence electrons. The zero-order valence-corrected chi connectivity index (χ0v) is 15.7. The first kappa shape index (κ1) is 17.2. The van der Waals surface area contributed by atoms with E-state index < -0.39 is 8.07 Å². The van der Waals surface area contributed by atoms with E-state index >= 15 is 0 Å². The maximum Gasteiger partial charge on any atom is 0.310 e. The van der Waals surface area contributed by atoms with Crippen molar-refractivity contribution in [3.8, 4) is 0 Å². The molecule has 0 unspecified atom stereocenters. The average Bonchev–Trinajstić information content (AvgIpc) is 2.98. The maximum atomic E-state index is 12.4. The Morgan fingerprint density at radius 3 is 2.67 bits per heavy atom. The van der Waals surface area contributed by atoms with E-state index in [0.29, 0.717) is 18.8 Å². The number of benzene rings is 1. The Morgan fingerprint density at radius 2 is 2.00 bits per heavy atom. The molecule has 5 heteroatoms. The summed E-state index contributed by atoms with van der Waals surface area (Å²) < 4.78 is 10.5. The van der Waals surface area contributed by atoms with Crippen LogP contribution in [0, 0.1) is 17.8 Å². The van der Waals surface area contributed by atoms with Gasteiger partial charge in [0, 0.05) is 0 Å². The summed E-state index contributed by atoms with van der Waals surface area (Å²) in [5.74, 6) is -0.861. The minimum atomic E-state index is -1.81. The first-order valence-corrected chi connectivity index (χ1v) is 11.9. The van der Waals surface area contributed by atoms with Gasteiger partial charge >= 0.3 is 11.9 Å². The van der Waals surface area contributed by atoms with Crippen LogP contribution in [0.2, 0.25) is 18.6 Å². The van der Waals surface area contributed by atoms with E-state index in [-0.39, 0.29) is 29.7 Å². The van der Waals surface area contributed by atoms with Crippen molar-refractivity contribution in [2.45, 2.75) is 38.4 Å². The monoisotopic (exact) mass is 346 g/mol. The van der Waals surface area contributed by atoms with Gasteiger partial charge in [0.2, 0.25) is 0 Å². The van der Waals surface area contributed by atoms with Crippen molar-refractivity contribution in [2.24, 2.45) is 17.8 Å². The van der Waals surface area contributed by atoms with E-state index in [0.717, 1.165) is 12.8 Å². The molecule has 1 saturated carbocycles. The highest BCUT2D eigenvalue weighted by molar-refractivity contribution is 6.91. The van der Waals surface area contributed by atoms with Crippen LogP contribution in [0.1, 0.15) is 19.8 Å². The fraction of sp³-hybridized carbons (Fsp3) is 0.579. The Bertz CT molecular complexity index is 613. The second-order valence-corrected chi connectivity index (χ2v) is 12.2. The van der Waals surface area contributed by atoms with Gasteiger partial charge in [-0.05, 0) is 31.2 Å². The second-order valence-electron chi connectivity index (χ2n) is 7.43. The quantitative estimate of drug-likeness (QED) is 0.621. The molecule has 1 aromatic carbocycles. The molecule has 0 spiro atoms. The Balaban J connectivity index is 1.94. The van der Waals surface area contributed by atoms with Crippen molar-refractivity contribution in [3.63, 3.8) is 0 Å². The van der Waals surface area contributed by atoms with Crippen LogP contribution < -0.4 is 5.19 Å². The van der Waals surface area contributed by atoms with Gasteiger partial charge in [-0.2, -0.15) is 0 Å². The summed E-state index contributed by atoms with van der Waals surface area (Å²) in [4.78, 5) is 24.8. The van der Waals surface area contributed by atoms with Gasteiger partial charge in [-0.15, -0.1) is 0 Å². The third-order valence-electron chi connectivity index (χ3n) is 5.92. The lowest BCUT2D eigenvalue weighted by molar-refractivity contribution is -0.164. The fourth-order valence-corrected chi connectivity index (χ4v) is 8.43. The minimum Gasteiger partial charge on any atom is -0.466 e. The average molecular weight is 346 g/mol. The van der Waals surface area contributed by atoms with E-state index in [1.54, 1.807) is 0 Å². The van der Waals surface area contributed by atoms with Gasteiger partial charge < -0.3 is 9.47 Å².